The van der Waals surface area contributed by atoms with Crippen LogP contribution in [0.2, 0.25) is 0 Å². The van der Waals surface area contributed by atoms with Crippen LogP contribution < -0.4 is 10.6 Å². The fourth-order valence-electron chi connectivity index (χ4n) is 2.43. The molecule has 0 aromatic heterocycles. The average Bonchev–Trinajstić information content (AvgIpc) is 2.39. The van der Waals surface area contributed by atoms with Crippen LogP contribution in [0.15, 0.2) is 36.4 Å². The number of benzene rings is 2. The van der Waals surface area contributed by atoms with Crippen LogP contribution in [0.25, 0.3) is 0 Å². The number of anilines is 1. The van der Waals surface area contributed by atoms with Crippen molar-refractivity contribution in [2.45, 2.75) is 20.4 Å². The Hall–Kier alpha value is -1.94. The molecule has 0 fully saturated rings. The summed E-state index contributed by atoms with van der Waals surface area (Å²) >= 11 is 5.01. The molecule has 110 valence electrons. The van der Waals surface area contributed by atoms with Gasteiger partial charge < -0.3 is 10.6 Å². The van der Waals surface area contributed by atoms with Gasteiger partial charge in [0.2, 0.25) is 0 Å². The van der Waals surface area contributed by atoms with Crippen molar-refractivity contribution in [3.63, 3.8) is 0 Å². The Balaban J connectivity index is 2.31. The van der Waals surface area contributed by atoms with E-state index in [9.17, 15) is 4.39 Å². The van der Waals surface area contributed by atoms with Gasteiger partial charge in [-0.1, -0.05) is 24.4 Å². The molecule has 2 aromatic rings. The molecule has 0 aliphatic heterocycles. The molecule has 0 saturated heterocycles. The minimum atomic E-state index is -0.324. The van der Waals surface area contributed by atoms with Crippen LogP contribution in [0.3, 0.4) is 0 Å². The van der Waals surface area contributed by atoms with Gasteiger partial charge in [0.25, 0.3) is 0 Å². The highest BCUT2D eigenvalue weighted by molar-refractivity contribution is 7.80. The topological polar surface area (TPSA) is 29.3 Å². The van der Waals surface area contributed by atoms with E-state index in [-0.39, 0.29) is 10.8 Å². The second kappa shape index (κ2) is 6.22. The molecule has 0 bridgehead atoms. The summed E-state index contributed by atoms with van der Waals surface area (Å²) in [5, 5.41) is 0. The number of nitrogens with two attached hydrogens (primary N) is 1. The highest BCUT2D eigenvalue weighted by atomic mass is 32.1. The van der Waals surface area contributed by atoms with Gasteiger partial charge in [-0.25, -0.2) is 4.39 Å². The number of rotatable bonds is 4. The van der Waals surface area contributed by atoms with E-state index in [1.54, 1.807) is 6.07 Å². The van der Waals surface area contributed by atoms with E-state index in [1.165, 1.54) is 23.3 Å². The molecule has 0 aliphatic rings. The van der Waals surface area contributed by atoms with Crippen LogP contribution in [0.1, 0.15) is 22.3 Å². The number of hydrogen-bond acceptors (Lipinski definition) is 2. The summed E-state index contributed by atoms with van der Waals surface area (Å²) in [4.78, 5) is 2.33. The Morgan fingerprint density at radius 1 is 1.14 bits per heavy atom. The van der Waals surface area contributed by atoms with E-state index in [4.69, 9.17) is 18.0 Å². The maximum Gasteiger partial charge on any atom is 0.123 e. The van der Waals surface area contributed by atoms with Gasteiger partial charge in [-0.2, -0.15) is 0 Å². The lowest BCUT2D eigenvalue weighted by Crippen LogP contribution is -2.20. The fourth-order valence-corrected chi connectivity index (χ4v) is 2.62. The third-order valence-corrected chi connectivity index (χ3v) is 3.61. The highest BCUT2D eigenvalue weighted by Crippen LogP contribution is 2.21. The Morgan fingerprint density at radius 3 is 2.33 bits per heavy atom. The zero-order chi connectivity index (χ0) is 15.6. The van der Waals surface area contributed by atoms with Crippen LogP contribution in [0.5, 0.6) is 0 Å². The predicted octanol–water partition coefficient (Wildman–Crippen LogP) is 3.71. The van der Waals surface area contributed by atoms with Gasteiger partial charge in [-0.05, 0) is 54.8 Å². The molecular formula is C17H19FN2S. The molecule has 0 radical (unpaired) electrons. The Morgan fingerprint density at radius 2 is 1.76 bits per heavy atom. The van der Waals surface area contributed by atoms with Crippen molar-refractivity contribution < 1.29 is 4.39 Å². The molecule has 4 heteroatoms. The first-order chi connectivity index (χ1) is 9.86. The van der Waals surface area contributed by atoms with Crippen LogP contribution in [-0.2, 0) is 6.54 Å². The Bertz CT molecular complexity index is 662. The SMILES string of the molecule is Cc1cc(C)cc(N(C)Cc2ccc(F)cc2C(N)=S)c1. The molecule has 2 aromatic carbocycles. The second-order valence-corrected chi connectivity index (χ2v) is 5.81. The number of thiocarbonyl (C=S) groups is 1. The molecule has 0 aliphatic carbocycles. The zero-order valence-electron chi connectivity index (χ0n) is 12.5. The zero-order valence-corrected chi connectivity index (χ0v) is 13.3. The normalized spacial score (nSPS) is 10.5. The summed E-state index contributed by atoms with van der Waals surface area (Å²) in [6.07, 6.45) is 0. The standard InChI is InChI=1S/C17H19FN2S/c1-11-6-12(2)8-15(7-11)20(3)10-13-4-5-14(18)9-16(13)17(19)21/h4-9H,10H2,1-3H3,(H2,19,21). The maximum absolute atomic E-state index is 13.3. The monoisotopic (exact) mass is 302 g/mol. The molecule has 21 heavy (non-hydrogen) atoms. The quantitative estimate of drug-likeness (QED) is 0.873. The van der Waals surface area contributed by atoms with Gasteiger partial charge >= 0.3 is 0 Å². The summed E-state index contributed by atoms with van der Waals surface area (Å²) in [5.74, 6) is -0.324. The first-order valence-electron chi connectivity index (χ1n) is 6.74. The third kappa shape index (κ3) is 3.79. The maximum atomic E-state index is 13.3. The van der Waals surface area contributed by atoms with E-state index in [2.05, 4.69) is 36.9 Å². The average molecular weight is 302 g/mol. The van der Waals surface area contributed by atoms with Crippen molar-refractivity contribution >= 4 is 22.9 Å². The first kappa shape index (κ1) is 15.4. The number of halogens is 1. The van der Waals surface area contributed by atoms with Crippen molar-refractivity contribution in [1.82, 2.24) is 0 Å². The van der Waals surface area contributed by atoms with Crippen LogP contribution in [0.4, 0.5) is 10.1 Å². The fraction of sp³-hybridized carbons (Fsp3) is 0.235. The first-order valence-corrected chi connectivity index (χ1v) is 7.15. The van der Waals surface area contributed by atoms with Gasteiger partial charge in [0.15, 0.2) is 0 Å². The van der Waals surface area contributed by atoms with Crippen molar-refractivity contribution in [2.24, 2.45) is 5.73 Å². The van der Waals surface area contributed by atoms with Crippen molar-refractivity contribution in [1.29, 1.82) is 0 Å². The van der Waals surface area contributed by atoms with Gasteiger partial charge in [0.05, 0.1) is 0 Å². The lowest BCUT2D eigenvalue weighted by atomic mass is 10.1. The molecule has 2 N–H and O–H groups in total. The van der Waals surface area contributed by atoms with Crippen LogP contribution in [-0.4, -0.2) is 12.0 Å². The molecule has 0 amide bonds. The Labute approximate surface area is 130 Å². The van der Waals surface area contributed by atoms with Crippen molar-refractivity contribution in [2.75, 3.05) is 11.9 Å². The van der Waals surface area contributed by atoms with Gasteiger partial charge in [0, 0.05) is 24.8 Å². The minimum Gasteiger partial charge on any atom is -0.389 e. The van der Waals surface area contributed by atoms with Gasteiger partial charge in [0.1, 0.15) is 10.8 Å². The molecule has 0 unspecified atom stereocenters. The summed E-state index contributed by atoms with van der Waals surface area (Å²) in [6.45, 7) is 4.77. The number of nitrogens with zero attached hydrogens (tertiary/aromatic N) is 1. The van der Waals surface area contributed by atoms with E-state index < -0.39 is 0 Å². The lowest BCUT2D eigenvalue weighted by molar-refractivity contribution is 0.626. The molecular weight excluding hydrogens is 283 g/mol. The van der Waals surface area contributed by atoms with Gasteiger partial charge in [-0.15, -0.1) is 0 Å². The van der Waals surface area contributed by atoms with Gasteiger partial charge in [-0.3, -0.25) is 0 Å². The van der Waals surface area contributed by atoms with E-state index >= 15 is 0 Å². The predicted molar refractivity (Wildman–Crippen MR) is 90.3 cm³/mol. The summed E-state index contributed by atoms with van der Waals surface area (Å²) in [5.41, 5.74) is 10.8. The molecule has 0 heterocycles. The molecule has 2 nitrogen and oxygen atoms in total. The number of aryl methyl sites for hydroxylation is 2. The molecule has 0 saturated carbocycles. The summed E-state index contributed by atoms with van der Waals surface area (Å²) in [6, 6.07) is 11.0. The third-order valence-electron chi connectivity index (χ3n) is 3.39. The molecule has 0 atom stereocenters. The Kier molecular flexibility index (Phi) is 4.58. The van der Waals surface area contributed by atoms with Crippen LogP contribution in [0, 0.1) is 19.7 Å². The largest absolute Gasteiger partial charge is 0.389 e. The van der Waals surface area contributed by atoms with E-state index in [1.807, 2.05) is 7.05 Å². The lowest BCUT2D eigenvalue weighted by Gasteiger charge is -2.22. The highest BCUT2D eigenvalue weighted by Gasteiger charge is 2.10. The van der Waals surface area contributed by atoms with Crippen molar-refractivity contribution in [3.05, 3.63) is 64.5 Å². The summed E-state index contributed by atoms with van der Waals surface area (Å²) in [7, 11) is 2.00. The van der Waals surface area contributed by atoms with E-state index in [0.717, 1.165) is 11.3 Å². The van der Waals surface area contributed by atoms with E-state index in [0.29, 0.717) is 12.1 Å². The minimum absolute atomic E-state index is 0.221. The smallest absolute Gasteiger partial charge is 0.123 e. The number of hydrogen-bond donors (Lipinski definition) is 1. The molecule has 0 spiro atoms. The molecule has 2 rings (SSSR count). The van der Waals surface area contributed by atoms with Crippen LogP contribution >= 0.6 is 12.2 Å². The second-order valence-electron chi connectivity index (χ2n) is 5.37. The van der Waals surface area contributed by atoms with Crippen molar-refractivity contribution in [3.8, 4) is 0 Å². The summed E-state index contributed by atoms with van der Waals surface area (Å²) < 4.78 is 13.3.